The van der Waals surface area contributed by atoms with Gasteiger partial charge in [-0.25, -0.2) is 0 Å². The monoisotopic (exact) mass is 408 g/mol. The number of aromatic nitrogens is 4. The van der Waals surface area contributed by atoms with Gasteiger partial charge in [0.15, 0.2) is 11.5 Å². The summed E-state index contributed by atoms with van der Waals surface area (Å²) in [6.45, 7) is 4.01. The number of piperidine rings is 1. The summed E-state index contributed by atoms with van der Waals surface area (Å²) in [6, 6.07) is 11.0. The van der Waals surface area contributed by atoms with Crippen LogP contribution in [0.4, 0.5) is 0 Å². The predicted molar refractivity (Wildman–Crippen MR) is 109 cm³/mol. The Labute approximate surface area is 174 Å². The molecule has 0 saturated carbocycles. The Balaban J connectivity index is 1.33. The minimum Gasteiger partial charge on any atom is -0.355 e. The van der Waals surface area contributed by atoms with Crippen molar-refractivity contribution in [3.05, 3.63) is 54.2 Å². The fourth-order valence-electron chi connectivity index (χ4n) is 3.72. The smallest absolute Gasteiger partial charge is 0.273 e. The highest BCUT2D eigenvalue weighted by Crippen LogP contribution is 2.25. The van der Waals surface area contributed by atoms with E-state index in [-0.39, 0.29) is 24.1 Å². The largest absolute Gasteiger partial charge is 0.355 e. The lowest BCUT2D eigenvalue weighted by molar-refractivity contribution is -0.131. The maximum atomic E-state index is 12.7. The molecule has 3 heterocycles. The number of hydrogen-bond donors (Lipinski definition) is 1. The van der Waals surface area contributed by atoms with Crippen molar-refractivity contribution < 1.29 is 14.1 Å². The normalized spacial score (nSPS) is 16.4. The summed E-state index contributed by atoms with van der Waals surface area (Å²) in [5, 5.41) is 14.7. The van der Waals surface area contributed by atoms with E-state index >= 15 is 0 Å². The summed E-state index contributed by atoms with van der Waals surface area (Å²) in [5.74, 6) is 1.02. The molecule has 9 heteroatoms. The minimum atomic E-state index is -0.437. The van der Waals surface area contributed by atoms with Gasteiger partial charge in [0, 0.05) is 37.2 Å². The standard InChI is InChI=1S/C21H24N6O3/c1-2-26-14-23-24-20(26)16-9-6-10-27(13-16)19(28)12-22-21(29)17-11-18(30-25-17)15-7-4-3-5-8-15/h3-5,7-8,11,14,16H,2,6,9-10,12-13H2,1H3,(H,22,29). The van der Waals surface area contributed by atoms with Gasteiger partial charge in [-0.05, 0) is 19.8 Å². The molecule has 1 N–H and O–H groups in total. The van der Waals surface area contributed by atoms with E-state index in [0.29, 0.717) is 18.8 Å². The van der Waals surface area contributed by atoms with Crippen LogP contribution in [0, 0.1) is 0 Å². The zero-order valence-electron chi connectivity index (χ0n) is 16.8. The van der Waals surface area contributed by atoms with Gasteiger partial charge in [-0.1, -0.05) is 35.5 Å². The SMILES string of the molecule is CCn1cnnc1C1CCCN(C(=O)CNC(=O)c2cc(-c3ccccc3)on2)C1. The van der Waals surface area contributed by atoms with Crippen molar-refractivity contribution in [1.82, 2.24) is 30.1 Å². The molecule has 30 heavy (non-hydrogen) atoms. The van der Waals surface area contributed by atoms with E-state index in [4.69, 9.17) is 4.52 Å². The van der Waals surface area contributed by atoms with E-state index in [1.54, 1.807) is 17.3 Å². The molecule has 0 spiro atoms. The minimum absolute atomic E-state index is 0.0838. The first kappa shape index (κ1) is 19.8. The van der Waals surface area contributed by atoms with Crippen LogP contribution >= 0.6 is 0 Å². The number of rotatable bonds is 6. The van der Waals surface area contributed by atoms with Gasteiger partial charge in [0.2, 0.25) is 5.91 Å². The Morgan fingerprint density at radius 1 is 1.27 bits per heavy atom. The fourth-order valence-corrected chi connectivity index (χ4v) is 3.72. The van der Waals surface area contributed by atoms with Crippen LogP contribution in [-0.4, -0.2) is 56.3 Å². The third kappa shape index (κ3) is 4.24. The van der Waals surface area contributed by atoms with Crippen LogP contribution in [0.5, 0.6) is 0 Å². The van der Waals surface area contributed by atoms with Crippen molar-refractivity contribution in [3.8, 4) is 11.3 Å². The third-order valence-corrected chi connectivity index (χ3v) is 5.33. The van der Waals surface area contributed by atoms with Crippen LogP contribution in [0.2, 0.25) is 0 Å². The summed E-state index contributed by atoms with van der Waals surface area (Å²) in [4.78, 5) is 26.8. The summed E-state index contributed by atoms with van der Waals surface area (Å²) in [6.07, 6.45) is 3.58. The van der Waals surface area contributed by atoms with Gasteiger partial charge in [0.05, 0.1) is 6.54 Å². The first-order chi connectivity index (χ1) is 14.7. The van der Waals surface area contributed by atoms with E-state index in [0.717, 1.165) is 30.8 Å². The quantitative estimate of drug-likeness (QED) is 0.669. The summed E-state index contributed by atoms with van der Waals surface area (Å²) < 4.78 is 7.26. The number of amides is 2. The van der Waals surface area contributed by atoms with Crippen LogP contribution < -0.4 is 5.32 Å². The predicted octanol–water partition coefficient (Wildman–Crippen LogP) is 2.09. The molecule has 156 valence electrons. The molecule has 1 aliphatic heterocycles. The van der Waals surface area contributed by atoms with E-state index in [2.05, 4.69) is 20.7 Å². The molecule has 0 radical (unpaired) electrons. The molecule has 4 rings (SSSR count). The average Bonchev–Trinajstić information content (AvgIpc) is 3.48. The Hall–Kier alpha value is -3.49. The van der Waals surface area contributed by atoms with Crippen LogP contribution in [0.3, 0.4) is 0 Å². The number of nitrogens with zero attached hydrogens (tertiary/aromatic N) is 5. The lowest BCUT2D eigenvalue weighted by Gasteiger charge is -2.32. The van der Waals surface area contributed by atoms with Crippen molar-refractivity contribution in [2.24, 2.45) is 0 Å². The molecule has 3 aromatic rings. The van der Waals surface area contributed by atoms with Crippen molar-refractivity contribution in [2.75, 3.05) is 19.6 Å². The average molecular weight is 408 g/mol. The first-order valence-electron chi connectivity index (χ1n) is 10.1. The molecule has 2 amide bonds. The van der Waals surface area contributed by atoms with Crippen LogP contribution in [0.25, 0.3) is 11.3 Å². The van der Waals surface area contributed by atoms with Crippen LogP contribution in [-0.2, 0) is 11.3 Å². The van der Waals surface area contributed by atoms with Gasteiger partial charge in [0.1, 0.15) is 12.2 Å². The highest BCUT2D eigenvalue weighted by Gasteiger charge is 2.28. The molecule has 0 aliphatic carbocycles. The Bertz CT molecular complexity index is 1010. The zero-order chi connectivity index (χ0) is 20.9. The van der Waals surface area contributed by atoms with E-state index in [1.807, 2.05) is 41.8 Å². The highest BCUT2D eigenvalue weighted by molar-refractivity contribution is 5.95. The maximum Gasteiger partial charge on any atom is 0.273 e. The Morgan fingerprint density at radius 3 is 2.90 bits per heavy atom. The topological polar surface area (TPSA) is 106 Å². The van der Waals surface area contributed by atoms with Gasteiger partial charge in [-0.15, -0.1) is 10.2 Å². The fraction of sp³-hybridized carbons (Fsp3) is 0.381. The molecule has 1 unspecified atom stereocenters. The first-order valence-corrected chi connectivity index (χ1v) is 10.1. The van der Waals surface area contributed by atoms with E-state index in [1.165, 1.54) is 0 Å². The molecule has 1 fully saturated rings. The number of carbonyl (C=O) groups excluding carboxylic acids is 2. The number of hydrogen-bond acceptors (Lipinski definition) is 6. The van der Waals surface area contributed by atoms with Gasteiger partial charge < -0.3 is 19.3 Å². The number of nitrogens with one attached hydrogen (secondary N) is 1. The van der Waals surface area contributed by atoms with Crippen molar-refractivity contribution in [1.29, 1.82) is 0 Å². The molecule has 0 bridgehead atoms. The second kappa shape index (κ2) is 8.89. The lowest BCUT2D eigenvalue weighted by atomic mass is 9.97. The Kier molecular flexibility index (Phi) is 5.87. The van der Waals surface area contributed by atoms with Crippen molar-refractivity contribution >= 4 is 11.8 Å². The maximum absolute atomic E-state index is 12.7. The van der Waals surface area contributed by atoms with Crippen molar-refractivity contribution in [3.63, 3.8) is 0 Å². The molecule has 1 saturated heterocycles. The van der Waals surface area contributed by atoms with Gasteiger partial charge in [-0.3, -0.25) is 9.59 Å². The molecule has 1 aliphatic rings. The van der Waals surface area contributed by atoms with Gasteiger partial charge in [0.25, 0.3) is 5.91 Å². The molecule has 2 aromatic heterocycles. The number of aryl methyl sites for hydroxylation is 1. The number of benzene rings is 1. The van der Waals surface area contributed by atoms with Crippen LogP contribution in [0.1, 0.15) is 42.0 Å². The second-order valence-corrected chi connectivity index (χ2v) is 7.28. The van der Waals surface area contributed by atoms with Gasteiger partial charge in [-0.2, -0.15) is 0 Å². The van der Waals surface area contributed by atoms with Crippen LogP contribution in [0.15, 0.2) is 47.2 Å². The third-order valence-electron chi connectivity index (χ3n) is 5.33. The number of carbonyl (C=O) groups is 2. The number of likely N-dealkylation sites (tertiary alicyclic amines) is 1. The molecule has 9 nitrogen and oxygen atoms in total. The molecular formula is C21H24N6O3. The van der Waals surface area contributed by atoms with Crippen molar-refractivity contribution in [2.45, 2.75) is 32.2 Å². The zero-order valence-corrected chi connectivity index (χ0v) is 16.8. The summed E-state index contributed by atoms with van der Waals surface area (Å²) >= 11 is 0. The van der Waals surface area contributed by atoms with Gasteiger partial charge >= 0.3 is 0 Å². The second-order valence-electron chi connectivity index (χ2n) is 7.28. The highest BCUT2D eigenvalue weighted by atomic mass is 16.5. The summed E-state index contributed by atoms with van der Waals surface area (Å²) in [5.41, 5.74) is 0.980. The molecular weight excluding hydrogens is 384 g/mol. The van der Waals surface area contributed by atoms with E-state index in [9.17, 15) is 9.59 Å². The van der Waals surface area contributed by atoms with E-state index < -0.39 is 5.91 Å². The summed E-state index contributed by atoms with van der Waals surface area (Å²) in [7, 11) is 0. The lowest BCUT2D eigenvalue weighted by Crippen LogP contribution is -2.45. The molecule has 1 aromatic carbocycles. The molecule has 1 atom stereocenters. The Morgan fingerprint density at radius 2 is 2.10 bits per heavy atom.